The number of amides is 1. The van der Waals surface area contributed by atoms with Gasteiger partial charge in [0.05, 0.1) is 6.42 Å². The summed E-state index contributed by atoms with van der Waals surface area (Å²) in [5.41, 5.74) is 0.937. The summed E-state index contributed by atoms with van der Waals surface area (Å²) in [5.74, 6) is 1.84. The molecular weight excluding hydrogens is 397 g/mol. The van der Waals surface area contributed by atoms with E-state index in [1.54, 1.807) is 12.1 Å². The van der Waals surface area contributed by atoms with Crippen LogP contribution in [0.1, 0.15) is 17.9 Å². The van der Waals surface area contributed by atoms with Gasteiger partial charge in [-0.05, 0) is 42.0 Å². The van der Waals surface area contributed by atoms with Crippen molar-refractivity contribution in [1.82, 2.24) is 10.2 Å². The highest BCUT2D eigenvalue weighted by Gasteiger charge is 2.14. The lowest BCUT2D eigenvalue weighted by atomic mass is 10.1. The first-order valence-electron chi connectivity index (χ1n) is 9.05. The number of nitrogens with one attached hydrogen (secondary N) is 1. The highest BCUT2D eigenvalue weighted by molar-refractivity contribution is 7.99. The quantitative estimate of drug-likeness (QED) is 0.589. The molecule has 4 rings (SSSR count). The summed E-state index contributed by atoms with van der Waals surface area (Å²) in [7, 11) is 0. The molecule has 150 valence electrons. The summed E-state index contributed by atoms with van der Waals surface area (Å²) in [6.45, 7) is 1.06. The van der Waals surface area contributed by atoms with Crippen LogP contribution in [-0.4, -0.2) is 35.1 Å². The fourth-order valence-electron chi connectivity index (χ4n) is 2.72. The molecule has 0 unspecified atom stereocenters. The smallest absolute Gasteiger partial charge is 0.322 e. The van der Waals surface area contributed by atoms with Gasteiger partial charge in [-0.15, -0.1) is 16.9 Å². The van der Waals surface area contributed by atoms with E-state index in [4.69, 9.17) is 13.9 Å². The van der Waals surface area contributed by atoms with Gasteiger partial charge in [-0.25, -0.2) is 4.39 Å². The number of thioether (sulfide) groups is 1. The molecule has 9 heteroatoms. The lowest BCUT2D eigenvalue weighted by Gasteiger charge is -2.18. The number of ether oxygens (including phenoxy) is 2. The molecule has 1 aliphatic heterocycles. The first-order chi connectivity index (χ1) is 14.2. The Labute approximate surface area is 170 Å². The third kappa shape index (κ3) is 5.26. The maximum atomic E-state index is 12.9. The van der Waals surface area contributed by atoms with E-state index in [9.17, 15) is 9.18 Å². The number of rotatable bonds is 7. The van der Waals surface area contributed by atoms with Crippen LogP contribution in [-0.2, 0) is 11.2 Å². The van der Waals surface area contributed by atoms with Crippen molar-refractivity contribution >= 4 is 23.7 Å². The van der Waals surface area contributed by atoms with Crippen LogP contribution in [0, 0.1) is 5.82 Å². The van der Waals surface area contributed by atoms with Crippen molar-refractivity contribution in [2.75, 3.05) is 24.3 Å². The molecule has 29 heavy (non-hydrogen) atoms. The number of hydrogen-bond donors (Lipinski definition) is 1. The van der Waals surface area contributed by atoms with Crippen molar-refractivity contribution in [3.05, 3.63) is 59.7 Å². The number of carbonyl (C=O) groups excluding carboxylic acids is 1. The molecule has 2 aromatic carbocycles. The van der Waals surface area contributed by atoms with E-state index in [2.05, 4.69) is 15.5 Å². The molecule has 0 saturated carbocycles. The van der Waals surface area contributed by atoms with Crippen molar-refractivity contribution < 1.29 is 23.1 Å². The van der Waals surface area contributed by atoms with Crippen LogP contribution in [0.15, 0.2) is 51.8 Å². The van der Waals surface area contributed by atoms with Gasteiger partial charge in [-0.1, -0.05) is 11.2 Å². The van der Waals surface area contributed by atoms with E-state index < -0.39 is 0 Å². The molecule has 1 amide bonds. The van der Waals surface area contributed by atoms with Crippen molar-refractivity contribution in [3.8, 4) is 11.5 Å². The second kappa shape index (κ2) is 8.95. The average molecular weight is 415 g/mol. The van der Waals surface area contributed by atoms with Crippen molar-refractivity contribution in [2.45, 2.75) is 17.7 Å². The maximum Gasteiger partial charge on any atom is 0.322 e. The Bertz CT molecular complexity index is 994. The summed E-state index contributed by atoms with van der Waals surface area (Å²) in [5, 5.41) is 10.4. The van der Waals surface area contributed by atoms with Gasteiger partial charge in [0, 0.05) is 17.1 Å². The zero-order valence-electron chi connectivity index (χ0n) is 15.4. The molecule has 0 spiro atoms. The number of anilines is 1. The van der Waals surface area contributed by atoms with Crippen LogP contribution >= 0.6 is 11.8 Å². The molecule has 2 heterocycles. The minimum absolute atomic E-state index is 0.0642. The van der Waals surface area contributed by atoms with Crippen LogP contribution < -0.4 is 14.8 Å². The number of halogens is 1. The Kier molecular flexibility index (Phi) is 5.95. The molecule has 0 aliphatic carbocycles. The van der Waals surface area contributed by atoms with Gasteiger partial charge in [0.1, 0.15) is 19.0 Å². The van der Waals surface area contributed by atoms with Crippen molar-refractivity contribution in [2.24, 2.45) is 0 Å². The first-order valence-corrected chi connectivity index (χ1v) is 10.0. The van der Waals surface area contributed by atoms with E-state index in [0.717, 1.165) is 16.2 Å². The molecule has 7 nitrogen and oxygen atoms in total. The van der Waals surface area contributed by atoms with E-state index in [-0.39, 0.29) is 24.2 Å². The number of aromatic nitrogens is 2. The molecule has 3 aromatic rings. The number of hydrogen-bond acceptors (Lipinski definition) is 7. The lowest BCUT2D eigenvalue weighted by molar-refractivity contribution is -0.115. The van der Waals surface area contributed by atoms with Crippen LogP contribution in [0.25, 0.3) is 0 Å². The molecule has 0 bridgehead atoms. The second-order valence-corrected chi connectivity index (χ2v) is 7.42. The summed E-state index contributed by atoms with van der Waals surface area (Å²) < 4.78 is 29.5. The minimum atomic E-state index is -0.282. The second-order valence-electron chi connectivity index (χ2n) is 6.26. The summed E-state index contributed by atoms with van der Waals surface area (Å²) in [6.07, 6.45) is 0.682. The normalized spacial score (nSPS) is 12.6. The van der Waals surface area contributed by atoms with Crippen molar-refractivity contribution in [3.63, 3.8) is 0 Å². The van der Waals surface area contributed by atoms with E-state index in [0.29, 0.717) is 37.0 Å². The minimum Gasteiger partial charge on any atom is -0.486 e. The first kappa shape index (κ1) is 19.3. The number of nitrogens with zero attached hydrogens (tertiary/aromatic N) is 2. The Morgan fingerprint density at radius 1 is 1.07 bits per heavy atom. The van der Waals surface area contributed by atoms with E-state index in [1.807, 2.05) is 18.2 Å². The zero-order chi connectivity index (χ0) is 20.1. The third-order valence-corrected chi connectivity index (χ3v) is 5.10. The largest absolute Gasteiger partial charge is 0.486 e. The average Bonchev–Trinajstić information content (AvgIpc) is 3.16. The predicted molar refractivity (Wildman–Crippen MR) is 105 cm³/mol. The van der Waals surface area contributed by atoms with Gasteiger partial charge in [0.2, 0.25) is 11.8 Å². The molecule has 1 N–H and O–H groups in total. The highest BCUT2D eigenvalue weighted by Crippen LogP contribution is 2.31. The Balaban J connectivity index is 1.26. The highest BCUT2D eigenvalue weighted by atomic mass is 32.2. The number of benzene rings is 2. The molecular formula is C20H18FN3O4S. The van der Waals surface area contributed by atoms with Gasteiger partial charge < -0.3 is 13.9 Å². The van der Waals surface area contributed by atoms with E-state index >= 15 is 0 Å². The zero-order valence-corrected chi connectivity index (χ0v) is 16.2. The molecule has 0 radical (unpaired) electrons. The third-order valence-electron chi connectivity index (χ3n) is 4.09. The maximum absolute atomic E-state index is 12.9. The molecule has 1 aliphatic rings. The lowest BCUT2D eigenvalue weighted by Crippen LogP contribution is -2.15. The van der Waals surface area contributed by atoms with Crippen LogP contribution in [0.5, 0.6) is 11.5 Å². The fraction of sp³-hybridized carbons (Fsp3) is 0.250. The summed E-state index contributed by atoms with van der Waals surface area (Å²) >= 11 is 1.47. The Hall–Kier alpha value is -3.07. The van der Waals surface area contributed by atoms with Gasteiger partial charge in [0.15, 0.2) is 11.5 Å². The monoisotopic (exact) mass is 415 g/mol. The van der Waals surface area contributed by atoms with Crippen LogP contribution in [0.4, 0.5) is 10.4 Å². The Morgan fingerprint density at radius 3 is 2.69 bits per heavy atom. The molecule has 1 aromatic heterocycles. The Morgan fingerprint density at radius 2 is 1.86 bits per heavy atom. The topological polar surface area (TPSA) is 86.5 Å². The van der Waals surface area contributed by atoms with Gasteiger partial charge in [-0.2, -0.15) is 0 Å². The van der Waals surface area contributed by atoms with Crippen LogP contribution in [0.3, 0.4) is 0 Å². The van der Waals surface area contributed by atoms with Crippen molar-refractivity contribution in [1.29, 1.82) is 0 Å². The van der Waals surface area contributed by atoms with Gasteiger partial charge >= 0.3 is 6.01 Å². The number of fused-ring (bicyclic) bond motifs is 1. The number of carbonyl (C=O) groups is 1. The van der Waals surface area contributed by atoms with Gasteiger partial charge in [-0.3, -0.25) is 10.1 Å². The predicted octanol–water partition coefficient (Wildman–Crippen LogP) is 3.69. The summed E-state index contributed by atoms with van der Waals surface area (Å²) in [4.78, 5) is 12.9. The van der Waals surface area contributed by atoms with Gasteiger partial charge in [0.25, 0.3) is 0 Å². The standard InChI is InChI=1S/C20H18FN3O4S/c21-14-2-4-15(5-3-14)29-10-7-18(25)22-20-24-23-19(28-20)12-13-1-6-16-17(11-13)27-9-8-26-16/h1-6,11H,7-10,12H2,(H,22,24,25). The molecule has 0 fully saturated rings. The summed E-state index contributed by atoms with van der Waals surface area (Å²) in [6, 6.07) is 11.8. The van der Waals surface area contributed by atoms with E-state index in [1.165, 1.54) is 23.9 Å². The van der Waals surface area contributed by atoms with Crippen LogP contribution in [0.2, 0.25) is 0 Å². The molecule has 0 saturated heterocycles. The fourth-order valence-corrected chi connectivity index (χ4v) is 3.57. The SMILES string of the molecule is O=C(CCSc1ccc(F)cc1)Nc1nnc(Cc2ccc3c(c2)OCCO3)o1. The molecule has 0 atom stereocenters.